The van der Waals surface area contributed by atoms with Crippen LogP contribution in [0, 0.1) is 0 Å². The molecule has 0 spiro atoms. The molecule has 2 heterocycles. The van der Waals surface area contributed by atoms with Crippen molar-refractivity contribution in [3.05, 3.63) is 12.0 Å². The molecular weight excluding hydrogens is 164 g/mol. The number of nitrogens with zero attached hydrogens (tertiary/aromatic N) is 3. The lowest BCUT2D eigenvalue weighted by atomic mass is 10.1. The fraction of sp³-hybridized carbons (Fsp3) is 0.556. The van der Waals surface area contributed by atoms with Gasteiger partial charge in [0, 0.05) is 5.54 Å². The lowest BCUT2D eigenvalue weighted by molar-refractivity contribution is 0.400. The molecule has 0 fully saturated rings. The fourth-order valence-electron chi connectivity index (χ4n) is 1.39. The van der Waals surface area contributed by atoms with Crippen molar-refractivity contribution >= 4 is 12.0 Å². The predicted molar refractivity (Wildman–Crippen MR) is 53.3 cm³/mol. The summed E-state index contributed by atoms with van der Waals surface area (Å²) in [5.74, 6) is 1.07. The first-order chi connectivity index (χ1) is 6.09. The maximum atomic E-state index is 4.27. The zero-order valence-electron chi connectivity index (χ0n) is 8.20. The quantitative estimate of drug-likeness (QED) is 0.653. The van der Waals surface area contributed by atoms with Crippen molar-refractivity contribution in [3.63, 3.8) is 0 Å². The van der Waals surface area contributed by atoms with Crippen molar-refractivity contribution in [1.82, 2.24) is 9.55 Å². The number of rotatable bonds is 0. The molecule has 0 aliphatic carbocycles. The first kappa shape index (κ1) is 8.29. The van der Waals surface area contributed by atoms with Crippen molar-refractivity contribution in [2.45, 2.75) is 26.3 Å². The molecule has 2 rings (SSSR count). The molecule has 0 radical (unpaired) electrons. The van der Waals surface area contributed by atoms with E-state index in [2.05, 4.69) is 40.6 Å². The topological polar surface area (TPSA) is 42.2 Å². The van der Waals surface area contributed by atoms with Gasteiger partial charge in [-0.15, -0.1) is 0 Å². The molecule has 4 heteroatoms. The average molecular weight is 178 g/mol. The summed E-state index contributed by atoms with van der Waals surface area (Å²) >= 11 is 0. The molecule has 70 valence electrons. The second-order valence-corrected chi connectivity index (χ2v) is 4.17. The normalized spacial score (nSPS) is 15.3. The molecule has 1 aliphatic heterocycles. The van der Waals surface area contributed by atoms with Gasteiger partial charge in [-0.25, -0.2) is 4.98 Å². The Labute approximate surface area is 77.7 Å². The van der Waals surface area contributed by atoms with Crippen LogP contribution in [0.5, 0.6) is 0 Å². The second-order valence-electron chi connectivity index (χ2n) is 4.17. The van der Waals surface area contributed by atoms with E-state index in [1.807, 2.05) is 12.5 Å². The van der Waals surface area contributed by atoms with Gasteiger partial charge in [-0.05, 0) is 20.8 Å². The van der Waals surface area contributed by atoms with Gasteiger partial charge in [0.2, 0.25) is 0 Å². The summed E-state index contributed by atoms with van der Waals surface area (Å²) in [7, 11) is 0. The van der Waals surface area contributed by atoms with Crippen LogP contribution < -0.4 is 5.32 Å². The van der Waals surface area contributed by atoms with Gasteiger partial charge in [0.15, 0.2) is 0 Å². The Morgan fingerprint density at radius 2 is 2.23 bits per heavy atom. The third-order valence-electron chi connectivity index (χ3n) is 2.07. The van der Waals surface area contributed by atoms with Gasteiger partial charge < -0.3 is 9.88 Å². The van der Waals surface area contributed by atoms with E-state index in [1.54, 1.807) is 0 Å². The maximum Gasteiger partial charge on any atom is 0.137 e. The molecule has 1 aliphatic rings. The smallest absolute Gasteiger partial charge is 0.137 e. The predicted octanol–water partition coefficient (Wildman–Crippen LogP) is 1.44. The van der Waals surface area contributed by atoms with Gasteiger partial charge in [-0.2, -0.15) is 0 Å². The van der Waals surface area contributed by atoms with Gasteiger partial charge in [0.05, 0.1) is 12.5 Å². The fourth-order valence-corrected chi connectivity index (χ4v) is 1.39. The number of hydrogen-bond acceptors (Lipinski definition) is 3. The van der Waals surface area contributed by atoms with Crippen molar-refractivity contribution in [2.75, 3.05) is 12.0 Å². The van der Waals surface area contributed by atoms with Gasteiger partial charge in [0.1, 0.15) is 18.2 Å². The van der Waals surface area contributed by atoms with Crippen molar-refractivity contribution in [1.29, 1.82) is 0 Å². The molecule has 4 nitrogen and oxygen atoms in total. The highest BCUT2D eigenvalue weighted by Gasteiger charge is 2.20. The molecule has 1 aromatic rings. The molecule has 0 aromatic carbocycles. The average Bonchev–Trinajstić information content (AvgIpc) is 2.45. The molecule has 0 unspecified atom stereocenters. The molecule has 0 atom stereocenters. The summed E-state index contributed by atoms with van der Waals surface area (Å²) in [5, 5.41) is 3.22. The molecule has 13 heavy (non-hydrogen) atoms. The van der Waals surface area contributed by atoms with E-state index in [0.717, 1.165) is 11.5 Å². The number of hydrogen-bond donors (Lipinski definition) is 1. The number of fused-ring (bicyclic) bond motifs is 1. The summed E-state index contributed by atoms with van der Waals surface area (Å²) in [6.07, 6.45) is 3.67. The summed E-state index contributed by atoms with van der Waals surface area (Å²) in [6.45, 7) is 7.11. The second kappa shape index (κ2) is 2.58. The van der Waals surface area contributed by atoms with E-state index < -0.39 is 0 Å². The minimum atomic E-state index is 0.0682. The highest BCUT2D eigenvalue weighted by Crippen LogP contribution is 2.23. The molecule has 1 N–H and O–H groups in total. The number of aliphatic imine (C=N–C) groups is 1. The molecule has 0 bridgehead atoms. The largest absolute Gasteiger partial charge is 0.351 e. The van der Waals surface area contributed by atoms with E-state index in [-0.39, 0.29) is 5.54 Å². The summed E-state index contributed by atoms with van der Waals surface area (Å²) in [5.41, 5.74) is 1.000. The minimum Gasteiger partial charge on any atom is -0.351 e. The van der Waals surface area contributed by atoms with Crippen molar-refractivity contribution in [3.8, 4) is 0 Å². The number of aromatic nitrogens is 2. The Hall–Kier alpha value is -1.32. The Morgan fingerprint density at radius 1 is 1.46 bits per heavy atom. The SMILES string of the molecule is CC(C)(C)n1cnc2c1NCN=C2. The first-order valence-electron chi connectivity index (χ1n) is 4.40. The zero-order chi connectivity index (χ0) is 9.47. The standard InChI is InChI=1S/C9H14N4/c1-9(2,3)13-6-12-7-4-10-5-11-8(7)13/h4,6,11H,5H2,1-3H3. The van der Waals surface area contributed by atoms with Crippen LogP contribution in [-0.2, 0) is 5.54 Å². The summed E-state index contributed by atoms with van der Waals surface area (Å²) in [4.78, 5) is 8.38. The van der Waals surface area contributed by atoms with Gasteiger partial charge in [0.25, 0.3) is 0 Å². The van der Waals surface area contributed by atoms with Gasteiger partial charge in [-0.1, -0.05) is 0 Å². The Balaban J connectivity index is 2.50. The lowest BCUT2D eigenvalue weighted by Crippen LogP contribution is -2.24. The van der Waals surface area contributed by atoms with Crippen LogP contribution in [0.1, 0.15) is 26.5 Å². The van der Waals surface area contributed by atoms with Crippen LogP contribution in [0.4, 0.5) is 5.82 Å². The summed E-state index contributed by atoms with van der Waals surface area (Å²) in [6, 6.07) is 0. The molecule has 1 aromatic heterocycles. The van der Waals surface area contributed by atoms with Crippen LogP contribution in [0.3, 0.4) is 0 Å². The van der Waals surface area contributed by atoms with E-state index in [9.17, 15) is 0 Å². The van der Waals surface area contributed by atoms with Crippen LogP contribution in [0.2, 0.25) is 0 Å². The summed E-state index contributed by atoms with van der Waals surface area (Å²) < 4.78 is 2.13. The maximum absolute atomic E-state index is 4.27. The first-order valence-corrected chi connectivity index (χ1v) is 4.40. The Morgan fingerprint density at radius 3 is 2.92 bits per heavy atom. The monoisotopic (exact) mass is 178 g/mol. The van der Waals surface area contributed by atoms with E-state index in [0.29, 0.717) is 6.67 Å². The molecular formula is C9H14N4. The van der Waals surface area contributed by atoms with Crippen LogP contribution in [-0.4, -0.2) is 22.4 Å². The zero-order valence-corrected chi connectivity index (χ0v) is 8.20. The minimum absolute atomic E-state index is 0.0682. The van der Waals surface area contributed by atoms with Crippen molar-refractivity contribution in [2.24, 2.45) is 4.99 Å². The molecule has 0 amide bonds. The third-order valence-corrected chi connectivity index (χ3v) is 2.07. The van der Waals surface area contributed by atoms with Crippen LogP contribution >= 0.6 is 0 Å². The molecule has 0 saturated heterocycles. The van der Waals surface area contributed by atoms with Crippen molar-refractivity contribution < 1.29 is 0 Å². The highest BCUT2D eigenvalue weighted by atomic mass is 15.2. The van der Waals surface area contributed by atoms with Gasteiger partial charge in [-0.3, -0.25) is 4.99 Å². The molecule has 0 saturated carbocycles. The Kier molecular flexibility index (Phi) is 1.65. The highest BCUT2D eigenvalue weighted by molar-refractivity contribution is 5.85. The number of anilines is 1. The van der Waals surface area contributed by atoms with E-state index in [4.69, 9.17) is 0 Å². The Bertz CT molecular complexity index is 343. The van der Waals surface area contributed by atoms with Crippen LogP contribution in [0.15, 0.2) is 11.3 Å². The number of nitrogens with one attached hydrogen (secondary N) is 1. The van der Waals surface area contributed by atoms with Crippen LogP contribution in [0.25, 0.3) is 0 Å². The third kappa shape index (κ3) is 1.32. The number of imidazole rings is 1. The van der Waals surface area contributed by atoms with E-state index in [1.165, 1.54) is 0 Å². The lowest BCUT2D eigenvalue weighted by Gasteiger charge is -2.24. The van der Waals surface area contributed by atoms with E-state index >= 15 is 0 Å². The van der Waals surface area contributed by atoms with Gasteiger partial charge >= 0.3 is 0 Å².